The number of rotatable bonds is 7. The second-order valence-corrected chi connectivity index (χ2v) is 11.0. The number of carbonyl (C=O) groups excluding carboxylic acids is 3. The third-order valence-electron chi connectivity index (χ3n) is 8.13. The Balaban J connectivity index is 2.08. The van der Waals surface area contributed by atoms with Gasteiger partial charge in [0.05, 0.1) is 11.0 Å². The molecule has 1 aromatic rings. The van der Waals surface area contributed by atoms with Crippen molar-refractivity contribution in [2.75, 3.05) is 0 Å². The van der Waals surface area contributed by atoms with Crippen LogP contribution in [0.5, 0.6) is 0 Å². The highest BCUT2D eigenvalue weighted by Crippen LogP contribution is 2.59. The van der Waals surface area contributed by atoms with Crippen LogP contribution in [0.15, 0.2) is 59.7 Å². The molecule has 0 aliphatic heterocycles. The van der Waals surface area contributed by atoms with Crippen molar-refractivity contribution in [2.45, 2.75) is 85.2 Å². The maximum absolute atomic E-state index is 13.0. The van der Waals surface area contributed by atoms with Gasteiger partial charge in [-0.15, -0.1) is 0 Å². The number of hydrogen-bond donors (Lipinski definition) is 1. The van der Waals surface area contributed by atoms with Crippen LogP contribution in [-0.4, -0.2) is 46.9 Å². The van der Waals surface area contributed by atoms with Gasteiger partial charge in [0.1, 0.15) is 18.3 Å². The summed E-state index contributed by atoms with van der Waals surface area (Å²) in [4.78, 5) is 38.1. The van der Waals surface area contributed by atoms with Gasteiger partial charge in [0.2, 0.25) is 0 Å². The summed E-state index contributed by atoms with van der Waals surface area (Å²) in [6, 6.07) is 9.39. The SMILES string of the molecule is CC=C(C)C(=O)O[C@H]1CC(C)=C[C@H](OC(=O)C=Cc2ccccc2)[C@@]2(C)[C@@H](OC(C)=O)C[C@@](O)(C(C)C)[C@H]12. The van der Waals surface area contributed by atoms with Crippen LogP contribution in [0.1, 0.15) is 66.9 Å². The molecule has 0 radical (unpaired) electrons. The molecule has 0 aromatic heterocycles. The molecule has 0 bridgehead atoms. The number of ether oxygens (including phenoxy) is 3. The number of aliphatic hydroxyl groups is 1. The quantitative estimate of drug-likeness (QED) is 0.227. The molecule has 0 amide bonds. The first kappa shape index (κ1) is 29.4. The molecule has 3 rings (SSSR count). The third-order valence-corrected chi connectivity index (χ3v) is 8.13. The predicted octanol–water partition coefficient (Wildman–Crippen LogP) is 5.18. The number of carbonyl (C=O) groups is 3. The van der Waals surface area contributed by atoms with Gasteiger partial charge in [-0.3, -0.25) is 4.79 Å². The van der Waals surface area contributed by atoms with Crippen LogP contribution in [0.3, 0.4) is 0 Å². The van der Waals surface area contributed by atoms with Crippen molar-refractivity contribution >= 4 is 24.0 Å². The summed E-state index contributed by atoms with van der Waals surface area (Å²) < 4.78 is 17.9. The first-order valence-electron chi connectivity index (χ1n) is 13.2. The molecule has 0 heterocycles. The van der Waals surface area contributed by atoms with Crippen LogP contribution >= 0.6 is 0 Å². The largest absolute Gasteiger partial charge is 0.462 e. The Morgan fingerprint density at radius 3 is 2.32 bits per heavy atom. The van der Waals surface area contributed by atoms with Gasteiger partial charge in [-0.1, -0.05) is 62.8 Å². The van der Waals surface area contributed by atoms with Crippen LogP contribution in [0.25, 0.3) is 6.08 Å². The number of allylic oxidation sites excluding steroid dienone is 1. The normalized spacial score (nSPS) is 31.4. The Kier molecular flexibility index (Phi) is 9.03. The zero-order valence-corrected chi connectivity index (χ0v) is 23.4. The molecule has 0 spiro atoms. The lowest BCUT2D eigenvalue weighted by atomic mass is 9.66. The van der Waals surface area contributed by atoms with Crippen LogP contribution in [0, 0.1) is 17.3 Å². The van der Waals surface area contributed by atoms with E-state index in [1.165, 1.54) is 13.0 Å². The van der Waals surface area contributed by atoms with Crippen molar-refractivity contribution in [1.82, 2.24) is 0 Å². The fraction of sp³-hybridized carbons (Fsp3) is 0.516. The number of benzene rings is 1. The van der Waals surface area contributed by atoms with Crippen molar-refractivity contribution in [3.63, 3.8) is 0 Å². The van der Waals surface area contributed by atoms with E-state index >= 15 is 0 Å². The van der Waals surface area contributed by atoms with Crippen molar-refractivity contribution in [3.8, 4) is 0 Å². The molecule has 7 heteroatoms. The summed E-state index contributed by atoms with van der Waals surface area (Å²) in [7, 11) is 0. The Morgan fingerprint density at radius 1 is 1.08 bits per heavy atom. The molecule has 2 aliphatic carbocycles. The standard InChI is InChI=1S/C31H40O7/c1-8-21(5)29(34)37-24-16-20(4)17-25(38-27(33)15-14-23-12-10-9-11-13-23)30(7)26(36-22(6)32)18-31(35,19(2)3)28(24)30/h8-15,17,19,24-26,28,35H,16,18H2,1-7H3/t24-,25-,26-,28+,30-,31+/m0/s1. The molecular weight excluding hydrogens is 484 g/mol. The predicted molar refractivity (Wildman–Crippen MR) is 145 cm³/mol. The first-order chi connectivity index (χ1) is 17.8. The van der Waals surface area contributed by atoms with Crippen LogP contribution in [-0.2, 0) is 28.6 Å². The molecule has 0 saturated heterocycles. The van der Waals surface area contributed by atoms with Crippen molar-refractivity contribution in [3.05, 3.63) is 65.3 Å². The summed E-state index contributed by atoms with van der Waals surface area (Å²) in [6.07, 6.45) is 4.66. The van der Waals surface area contributed by atoms with Crippen molar-refractivity contribution in [2.24, 2.45) is 17.3 Å². The highest BCUT2D eigenvalue weighted by Gasteiger charge is 2.68. The second-order valence-electron chi connectivity index (χ2n) is 11.0. The molecule has 38 heavy (non-hydrogen) atoms. The second kappa shape index (κ2) is 11.7. The van der Waals surface area contributed by atoms with Gasteiger partial charge in [0.15, 0.2) is 0 Å². The molecule has 0 unspecified atom stereocenters. The van der Waals surface area contributed by atoms with Gasteiger partial charge in [-0.25, -0.2) is 9.59 Å². The smallest absolute Gasteiger partial charge is 0.333 e. The Labute approximate surface area is 225 Å². The van der Waals surface area contributed by atoms with E-state index in [0.29, 0.717) is 12.0 Å². The van der Waals surface area contributed by atoms with Gasteiger partial charge in [0, 0.05) is 37.3 Å². The lowest BCUT2D eigenvalue weighted by Gasteiger charge is -2.45. The van der Waals surface area contributed by atoms with Crippen LogP contribution < -0.4 is 0 Å². The minimum Gasteiger partial charge on any atom is -0.462 e. The zero-order valence-electron chi connectivity index (χ0n) is 23.4. The zero-order chi connectivity index (χ0) is 28.3. The Morgan fingerprint density at radius 2 is 1.74 bits per heavy atom. The van der Waals surface area contributed by atoms with Gasteiger partial charge in [-0.2, -0.15) is 0 Å². The fourth-order valence-electron chi connectivity index (χ4n) is 5.88. The molecule has 1 fully saturated rings. The number of hydrogen-bond acceptors (Lipinski definition) is 7. The minimum absolute atomic E-state index is 0.128. The number of esters is 3. The topological polar surface area (TPSA) is 99.1 Å². The molecule has 7 nitrogen and oxygen atoms in total. The van der Waals surface area contributed by atoms with E-state index in [-0.39, 0.29) is 12.3 Å². The van der Waals surface area contributed by atoms with E-state index < -0.39 is 53.2 Å². The van der Waals surface area contributed by atoms with Gasteiger partial charge in [0.25, 0.3) is 0 Å². The maximum atomic E-state index is 13.0. The summed E-state index contributed by atoms with van der Waals surface area (Å²) >= 11 is 0. The van der Waals surface area contributed by atoms with E-state index in [2.05, 4.69) is 0 Å². The van der Waals surface area contributed by atoms with Gasteiger partial charge < -0.3 is 19.3 Å². The summed E-state index contributed by atoms with van der Waals surface area (Å²) in [5.41, 5.74) is -0.288. The van der Waals surface area contributed by atoms with Crippen molar-refractivity contribution in [1.29, 1.82) is 0 Å². The minimum atomic E-state index is -1.35. The van der Waals surface area contributed by atoms with Crippen LogP contribution in [0.4, 0.5) is 0 Å². The van der Waals surface area contributed by atoms with E-state index in [0.717, 1.165) is 11.1 Å². The summed E-state index contributed by atoms with van der Waals surface area (Å²) in [5, 5.41) is 12.1. The maximum Gasteiger partial charge on any atom is 0.333 e. The fourth-order valence-corrected chi connectivity index (χ4v) is 5.88. The lowest BCUT2D eigenvalue weighted by Crippen LogP contribution is -2.55. The average Bonchev–Trinajstić information content (AvgIpc) is 3.02. The monoisotopic (exact) mass is 524 g/mol. The molecule has 206 valence electrons. The number of fused-ring (bicyclic) bond motifs is 1. The highest BCUT2D eigenvalue weighted by molar-refractivity contribution is 5.88. The molecule has 1 saturated carbocycles. The van der Waals surface area contributed by atoms with E-state index in [4.69, 9.17) is 14.2 Å². The Bertz CT molecular complexity index is 1130. The lowest BCUT2D eigenvalue weighted by molar-refractivity contribution is -0.181. The average molecular weight is 525 g/mol. The molecule has 6 atom stereocenters. The van der Waals surface area contributed by atoms with E-state index in [1.54, 1.807) is 26.0 Å². The molecule has 2 aliphatic rings. The molecule has 1 aromatic carbocycles. The summed E-state index contributed by atoms with van der Waals surface area (Å²) in [6.45, 7) is 12.3. The third kappa shape index (κ3) is 5.93. The molecular formula is C31H40O7. The van der Waals surface area contributed by atoms with Crippen LogP contribution in [0.2, 0.25) is 0 Å². The van der Waals surface area contributed by atoms with Gasteiger partial charge in [-0.05, 0) is 44.4 Å². The highest BCUT2D eigenvalue weighted by atomic mass is 16.6. The van der Waals surface area contributed by atoms with Gasteiger partial charge >= 0.3 is 17.9 Å². The Hall–Kier alpha value is -3.19. The van der Waals surface area contributed by atoms with Crippen molar-refractivity contribution < 1.29 is 33.7 Å². The van der Waals surface area contributed by atoms with E-state index in [9.17, 15) is 19.5 Å². The van der Waals surface area contributed by atoms with E-state index in [1.807, 2.05) is 64.1 Å². The first-order valence-corrected chi connectivity index (χ1v) is 13.2. The summed E-state index contributed by atoms with van der Waals surface area (Å²) in [5.74, 6) is -2.48. The molecule has 1 N–H and O–H groups in total.